The predicted molar refractivity (Wildman–Crippen MR) is 127 cm³/mol. The number of carbonyl (C=O) groups is 1. The summed E-state index contributed by atoms with van der Waals surface area (Å²) in [5.74, 6) is 1.11. The van der Waals surface area contributed by atoms with Crippen molar-refractivity contribution in [2.75, 3.05) is 42.6 Å². The first-order valence-electron chi connectivity index (χ1n) is 10.8. The predicted octanol–water partition coefficient (Wildman–Crippen LogP) is 1.89. The van der Waals surface area contributed by atoms with Crippen molar-refractivity contribution in [3.8, 4) is 0 Å². The van der Waals surface area contributed by atoms with Gasteiger partial charge in [-0.3, -0.25) is 9.79 Å². The van der Waals surface area contributed by atoms with Crippen LogP contribution in [0.15, 0.2) is 35.3 Å². The zero-order valence-electron chi connectivity index (χ0n) is 18.5. The zero-order chi connectivity index (χ0) is 22.7. The van der Waals surface area contributed by atoms with Gasteiger partial charge in [-0.05, 0) is 44.5 Å². The number of morpholine rings is 1. The molecule has 1 aromatic carbocycles. The van der Waals surface area contributed by atoms with E-state index in [2.05, 4.69) is 14.8 Å². The molecule has 1 fully saturated rings. The second kappa shape index (κ2) is 9.46. The highest BCUT2D eigenvalue weighted by Crippen LogP contribution is 2.37. The van der Waals surface area contributed by atoms with Crippen LogP contribution in [0.3, 0.4) is 0 Å². The Balaban J connectivity index is 1.79. The van der Waals surface area contributed by atoms with Gasteiger partial charge in [-0.15, -0.1) is 0 Å². The van der Waals surface area contributed by atoms with E-state index in [1.807, 2.05) is 32.1 Å². The molecule has 2 aliphatic rings. The van der Waals surface area contributed by atoms with Gasteiger partial charge in [-0.25, -0.2) is 4.98 Å². The Morgan fingerprint density at radius 1 is 1.19 bits per heavy atom. The number of aromatic nitrogens is 2. The first-order valence-corrected chi connectivity index (χ1v) is 10.8. The second-order valence-corrected chi connectivity index (χ2v) is 7.85. The second-order valence-electron chi connectivity index (χ2n) is 7.85. The lowest BCUT2D eigenvalue weighted by Crippen LogP contribution is -2.37. The maximum absolute atomic E-state index is 11.5. The van der Waals surface area contributed by atoms with E-state index in [1.165, 1.54) is 0 Å². The molecule has 2 aliphatic heterocycles. The van der Waals surface area contributed by atoms with Crippen LogP contribution < -0.4 is 21.3 Å². The minimum Gasteiger partial charge on any atom is -0.378 e. The molecule has 1 atom stereocenters. The number of benzene rings is 1. The minimum atomic E-state index is -0.441. The topological polar surface area (TPSA) is 123 Å². The van der Waals surface area contributed by atoms with Crippen LogP contribution in [0, 0.1) is 0 Å². The molecule has 9 nitrogen and oxygen atoms in total. The maximum Gasteiger partial charge on any atom is 0.248 e. The number of rotatable bonds is 6. The average molecular weight is 436 g/mol. The van der Waals surface area contributed by atoms with Crippen molar-refractivity contribution < 1.29 is 9.53 Å². The largest absolute Gasteiger partial charge is 0.378 e. The number of nitrogens with two attached hydrogens (primary N) is 2. The number of amides is 1. The van der Waals surface area contributed by atoms with Crippen LogP contribution in [0.2, 0.25) is 0 Å². The van der Waals surface area contributed by atoms with E-state index >= 15 is 0 Å². The van der Waals surface area contributed by atoms with E-state index in [4.69, 9.17) is 26.2 Å². The Kier molecular flexibility index (Phi) is 6.48. The maximum atomic E-state index is 11.5. The molecule has 4 rings (SSSR count). The van der Waals surface area contributed by atoms with Crippen LogP contribution in [-0.4, -0.2) is 61.1 Å². The fourth-order valence-electron chi connectivity index (χ4n) is 3.91. The molecule has 0 spiro atoms. The van der Waals surface area contributed by atoms with E-state index in [9.17, 15) is 4.79 Å². The standard InChI is InChI=1S/C23H29N7O2/c1-3-16(14-26-15(2)24)20-19-8-9-30(18-6-4-17(5-7-18)21(25)31)22(19)28-23(27-20)29-10-12-32-13-11-29/h3-7,14-15H,8-13,24H2,1-2H3,(H2,25,31)/b16-3+,26-14-. The van der Waals surface area contributed by atoms with Crippen molar-refractivity contribution in [3.05, 3.63) is 47.2 Å². The van der Waals surface area contributed by atoms with Gasteiger partial charge in [0, 0.05) is 48.2 Å². The lowest BCUT2D eigenvalue weighted by atomic mass is 10.1. The zero-order valence-corrected chi connectivity index (χ0v) is 18.5. The molecule has 0 aliphatic carbocycles. The molecule has 1 saturated heterocycles. The third kappa shape index (κ3) is 4.49. The first kappa shape index (κ1) is 21.9. The molecule has 0 saturated carbocycles. The van der Waals surface area contributed by atoms with E-state index in [1.54, 1.807) is 18.3 Å². The van der Waals surface area contributed by atoms with Crippen molar-refractivity contribution >= 4 is 35.1 Å². The number of hydrogen-bond acceptors (Lipinski definition) is 8. The Bertz CT molecular complexity index is 1040. The monoisotopic (exact) mass is 435 g/mol. The number of carbonyl (C=O) groups excluding carboxylic acids is 1. The van der Waals surface area contributed by atoms with Gasteiger partial charge in [-0.2, -0.15) is 4.98 Å². The van der Waals surface area contributed by atoms with E-state index in [0.29, 0.717) is 24.7 Å². The molecule has 0 radical (unpaired) electrons. The van der Waals surface area contributed by atoms with Crippen molar-refractivity contribution in [2.24, 2.45) is 16.5 Å². The van der Waals surface area contributed by atoms with Gasteiger partial charge in [-0.1, -0.05) is 6.08 Å². The Labute approximate surface area is 187 Å². The summed E-state index contributed by atoms with van der Waals surface area (Å²) in [6, 6.07) is 7.29. The van der Waals surface area contributed by atoms with Crippen LogP contribution in [0.4, 0.5) is 17.5 Å². The quantitative estimate of drug-likeness (QED) is 0.664. The molecule has 2 aromatic rings. The fraction of sp³-hybridized carbons (Fsp3) is 0.391. The molecular formula is C23H29N7O2. The lowest BCUT2D eigenvalue weighted by molar-refractivity contribution is 0.100. The summed E-state index contributed by atoms with van der Waals surface area (Å²) in [5, 5.41) is 0. The summed E-state index contributed by atoms with van der Waals surface area (Å²) in [7, 11) is 0. The number of allylic oxidation sites excluding steroid dienone is 2. The molecule has 1 unspecified atom stereocenters. The van der Waals surface area contributed by atoms with Crippen LogP contribution in [-0.2, 0) is 11.2 Å². The van der Waals surface area contributed by atoms with Crippen LogP contribution in [0.25, 0.3) is 5.57 Å². The number of aliphatic imine (C=N–C) groups is 1. The summed E-state index contributed by atoms with van der Waals surface area (Å²) >= 11 is 0. The van der Waals surface area contributed by atoms with E-state index < -0.39 is 5.91 Å². The normalized spacial score (nSPS) is 17.7. The third-order valence-corrected chi connectivity index (χ3v) is 5.61. The molecule has 1 aromatic heterocycles. The van der Waals surface area contributed by atoms with E-state index in [-0.39, 0.29) is 6.17 Å². The van der Waals surface area contributed by atoms with Gasteiger partial charge in [0.2, 0.25) is 11.9 Å². The Morgan fingerprint density at radius 3 is 2.53 bits per heavy atom. The molecule has 9 heteroatoms. The van der Waals surface area contributed by atoms with Gasteiger partial charge in [0.25, 0.3) is 0 Å². The summed E-state index contributed by atoms with van der Waals surface area (Å²) in [4.78, 5) is 30.1. The van der Waals surface area contributed by atoms with Crippen molar-refractivity contribution in [2.45, 2.75) is 26.4 Å². The van der Waals surface area contributed by atoms with Gasteiger partial charge >= 0.3 is 0 Å². The molecule has 1 amide bonds. The molecule has 168 valence electrons. The molecule has 4 N–H and O–H groups in total. The van der Waals surface area contributed by atoms with Crippen molar-refractivity contribution in [3.63, 3.8) is 0 Å². The molecular weight excluding hydrogens is 406 g/mol. The highest BCUT2D eigenvalue weighted by atomic mass is 16.5. The average Bonchev–Trinajstić information content (AvgIpc) is 3.24. The van der Waals surface area contributed by atoms with Crippen LogP contribution in [0.5, 0.6) is 0 Å². The number of ether oxygens (including phenoxy) is 1. The van der Waals surface area contributed by atoms with Crippen LogP contribution in [0.1, 0.15) is 35.5 Å². The molecule has 3 heterocycles. The SMILES string of the molecule is C/C=C(\C=N/C(C)N)c1nc(N2CCOCC2)nc2c1CCN2c1ccc(C(N)=O)cc1. The van der Waals surface area contributed by atoms with Gasteiger partial charge in [0.1, 0.15) is 5.82 Å². The fourth-order valence-corrected chi connectivity index (χ4v) is 3.91. The highest BCUT2D eigenvalue weighted by molar-refractivity contribution is 6.10. The first-order chi connectivity index (χ1) is 15.5. The van der Waals surface area contributed by atoms with E-state index in [0.717, 1.165) is 54.4 Å². The number of fused-ring (bicyclic) bond motifs is 1. The summed E-state index contributed by atoms with van der Waals surface area (Å²) < 4.78 is 5.51. The highest BCUT2D eigenvalue weighted by Gasteiger charge is 2.29. The minimum absolute atomic E-state index is 0.293. The third-order valence-electron chi connectivity index (χ3n) is 5.61. The summed E-state index contributed by atoms with van der Waals surface area (Å²) in [5.41, 5.74) is 15.5. The number of anilines is 3. The van der Waals surface area contributed by atoms with Gasteiger partial charge < -0.3 is 26.0 Å². The van der Waals surface area contributed by atoms with Gasteiger partial charge in [0.05, 0.1) is 25.1 Å². The van der Waals surface area contributed by atoms with Crippen LogP contribution >= 0.6 is 0 Å². The van der Waals surface area contributed by atoms with Crippen molar-refractivity contribution in [1.82, 2.24) is 9.97 Å². The number of primary amides is 1. The smallest absolute Gasteiger partial charge is 0.248 e. The van der Waals surface area contributed by atoms with Crippen molar-refractivity contribution in [1.29, 1.82) is 0 Å². The Hall–Kier alpha value is -3.30. The summed E-state index contributed by atoms with van der Waals surface area (Å²) in [6.07, 6.45) is 4.30. The molecule has 32 heavy (non-hydrogen) atoms. The Morgan fingerprint density at radius 2 is 1.91 bits per heavy atom. The molecule has 0 bridgehead atoms. The number of hydrogen-bond donors (Lipinski definition) is 2. The summed E-state index contributed by atoms with van der Waals surface area (Å²) in [6.45, 7) is 7.36. The van der Waals surface area contributed by atoms with Gasteiger partial charge in [0.15, 0.2) is 0 Å². The lowest BCUT2D eigenvalue weighted by Gasteiger charge is -2.28. The number of nitrogens with zero attached hydrogens (tertiary/aromatic N) is 5.